The van der Waals surface area contributed by atoms with Crippen LogP contribution in [0.2, 0.25) is 0 Å². The highest BCUT2D eigenvalue weighted by Crippen LogP contribution is 2.17. The van der Waals surface area contributed by atoms with Crippen molar-refractivity contribution in [1.82, 2.24) is 10.2 Å². The predicted octanol–water partition coefficient (Wildman–Crippen LogP) is 0.217. The molecule has 0 spiro atoms. The van der Waals surface area contributed by atoms with Gasteiger partial charge < -0.3 is 10.6 Å². The van der Waals surface area contributed by atoms with Gasteiger partial charge in [-0.15, -0.1) is 11.6 Å². The third-order valence-corrected chi connectivity index (χ3v) is 5.96. The van der Waals surface area contributed by atoms with Crippen molar-refractivity contribution in [2.45, 2.75) is 11.4 Å². The zero-order valence-corrected chi connectivity index (χ0v) is 15.1. The molecule has 0 radical (unpaired) electrons. The zero-order chi connectivity index (χ0) is 18.6. The van der Waals surface area contributed by atoms with Crippen LogP contribution in [0.15, 0.2) is 24.3 Å². The van der Waals surface area contributed by atoms with Gasteiger partial charge in [-0.25, -0.2) is 12.8 Å². The maximum atomic E-state index is 12.8. The second kappa shape index (κ2) is 8.11. The molecule has 25 heavy (non-hydrogen) atoms. The Morgan fingerprint density at radius 1 is 1.20 bits per heavy atom. The first kappa shape index (κ1) is 19.6. The van der Waals surface area contributed by atoms with Crippen molar-refractivity contribution in [1.29, 1.82) is 0 Å². The number of carbonyl (C=O) groups is 2. The number of carbonyl (C=O) groups excluding carboxylic acids is 2. The Morgan fingerprint density at radius 2 is 1.80 bits per heavy atom. The fourth-order valence-corrected chi connectivity index (χ4v) is 5.02. The molecule has 2 amide bonds. The van der Waals surface area contributed by atoms with Gasteiger partial charge in [0.1, 0.15) is 5.82 Å². The van der Waals surface area contributed by atoms with Gasteiger partial charge in [0.15, 0.2) is 9.84 Å². The zero-order valence-electron chi connectivity index (χ0n) is 13.5. The number of amides is 2. The van der Waals surface area contributed by atoms with Crippen molar-refractivity contribution in [2.24, 2.45) is 0 Å². The summed E-state index contributed by atoms with van der Waals surface area (Å²) < 4.78 is 35.8. The minimum Gasteiger partial charge on any atom is -0.350 e. The van der Waals surface area contributed by atoms with E-state index in [4.69, 9.17) is 11.6 Å². The normalized spacial score (nSPS) is 21.9. The standard InChI is InChI=1S/C15H19ClFN3O4S/c1-20(6-14(21)18-11-4-2-10(17)3-5-11)7-15(22)19-13-9-25(23,24)8-12(13)16/h2-5,12-13H,6-9H2,1H3,(H,18,21)(H,19,22)/t12-,13-/m0/s1. The van der Waals surface area contributed by atoms with Crippen molar-refractivity contribution >= 4 is 38.9 Å². The molecular weight excluding hydrogens is 373 g/mol. The van der Waals surface area contributed by atoms with Crippen molar-refractivity contribution in [3.8, 4) is 0 Å². The number of nitrogens with zero attached hydrogens (tertiary/aromatic N) is 1. The second-order valence-corrected chi connectivity index (χ2v) is 8.71. The van der Waals surface area contributed by atoms with Crippen LogP contribution in [0.3, 0.4) is 0 Å². The monoisotopic (exact) mass is 391 g/mol. The first-order valence-electron chi connectivity index (χ1n) is 7.52. The summed E-state index contributed by atoms with van der Waals surface area (Å²) >= 11 is 5.93. The summed E-state index contributed by atoms with van der Waals surface area (Å²) in [5.41, 5.74) is 0.449. The van der Waals surface area contributed by atoms with Crippen molar-refractivity contribution in [3.63, 3.8) is 0 Å². The van der Waals surface area contributed by atoms with E-state index in [2.05, 4.69) is 10.6 Å². The van der Waals surface area contributed by atoms with Gasteiger partial charge in [0.25, 0.3) is 0 Å². The summed E-state index contributed by atoms with van der Waals surface area (Å²) in [7, 11) is -1.65. The molecule has 1 fully saturated rings. The van der Waals surface area contributed by atoms with Crippen LogP contribution < -0.4 is 10.6 Å². The van der Waals surface area contributed by atoms with E-state index < -0.39 is 33.0 Å². The topological polar surface area (TPSA) is 95.6 Å². The number of sulfone groups is 1. The van der Waals surface area contributed by atoms with Crippen LogP contribution in [-0.4, -0.2) is 68.2 Å². The van der Waals surface area contributed by atoms with Crippen LogP contribution in [0.25, 0.3) is 0 Å². The number of halogens is 2. The number of rotatable bonds is 6. The molecule has 2 N–H and O–H groups in total. The van der Waals surface area contributed by atoms with Crippen molar-refractivity contribution in [2.75, 3.05) is 37.0 Å². The van der Waals surface area contributed by atoms with Crippen LogP contribution in [-0.2, 0) is 19.4 Å². The van der Waals surface area contributed by atoms with Crippen LogP contribution >= 0.6 is 11.6 Å². The van der Waals surface area contributed by atoms with Gasteiger partial charge in [0, 0.05) is 5.69 Å². The van der Waals surface area contributed by atoms with E-state index in [0.29, 0.717) is 5.69 Å². The molecule has 0 aromatic heterocycles. The molecule has 2 rings (SSSR count). The minimum absolute atomic E-state index is 0.0575. The lowest BCUT2D eigenvalue weighted by molar-refractivity contribution is -0.123. The van der Waals surface area contributed by atoms with Gasteiger partial charge in [0.05, 0.1) is 36.0 Å². The van der Waals surface area contributed by atoms with Gasteiger partial charge in [0.2, 0.25) is 11.8 Å². The molecule has 1 aromatic rings. The van der Waals surface area contributed by atoms with Crippen LogP contribution in [0, 0.1) is 5.82 Å². The fraction of sp³-hybridized carbons (Fsp3) is 0.467. The van der Waals surface area contributed by atoms with Crippen molar-refractivity contribution in [3.05, 3.63) is 30.1 Å². The summed E-state index contributed by atoms with van der Waals surface area (Å²) in [6.45, 7) is -0.144. The van der Waals surface area contributed by atoms with E-state index in [0.717, 1.165) is 0 Å². The largest absolute Gasteiger partial charge is 0.350 e. The number of hydrogen-bond acceptors (Lipinski definition) is 5. The lowest BCUT2D eigenvalue weighted by Gasteiger charge is -2.19. The maximum Gasteiger partial charge on any atom is 0.238 e. The van der Waals surface area contributed by atoms with Crippen LogP contribution in [0.5, 0.6) is 0 Å². The fourth-order valence-electron chi connectivity index (χ4n) is 2.47. The third-order valence-electron chi connectivity index (χ3n) is 3.58. The molecule has 0 saturated carbocycles. The Balaban J connectivity index is 1.77. The SMILES string of the molecule is CN(CC(=O)Nc1ccc(F)cc1)CC(=O)N[C@H]1CS(=O)(=O)C[C@@H]1Cl. The maximum absolute atomic E-state index is 12.8. The Bertz CT molecular complexity index is 742. The number of nitrogens with one attached hydrogen (secondary N) is 2. The minimum atomic E-state index is -3.23. The van der Waals surface area contributed by atoms with Crippen LogP contribution in [0.4, 0.5) is 10.1 Å². The number of anilines is 1. The smallest absolute Gasteiger partial charge is 0.238 e. The summed E-state index contributed by atoms with van der Waals surface area (Å²) in [5.74, 6) is -1.51. The lowest BCUT2D eigenvalue weighted by Crippen LogP contribution is -2.46. The molecule has 7 nitrogen and oxygen atoms in total. The molecule has 0 aliphatic carbocycles. The van der Waals surface area contributed by atoms with Gasteiger partial charge in [-0.2, -0.15) is 0 Å². The third kappa shape index (κ3) is 6.26. The molecule has 1 saturated heterocycles. The predicted molar refractivity (Wildman–Crippen MR) is 92.8 cm³/mol. The van der Waals surface area contributed by atoms with Crippen molar-refractivity contribution < 1.29 is 22.4 Å². The first-order valence-corrected chi connectivity index (χ1v) is 9.78. The molecule has 2 atom stereocenters. The Morgan fingerprint density at radius 3 is 2.36 bits per heavy atom. The summed E-state index contributed by atoms with van der Waals surface area (Å²) in [6, 6.07) is 4.69. The lowest BCUT2D eigenvalue weighted by atomic mass is 10.2. The number of benzene rings is 1. The average molecular weight is 392 g/mol. The number of alkyl halides is 1. The molecule has 138 valence electrons. The molecule has 0 unspecified atom stereocenters. The highest BCUT2D eigenvalue weighted by molar-refractivity contribution is 7.91. The van der Waals surface area contributed by atoms with Gasteiger partial charge in [-0.05, 0) is 31.3 Å². The van der Waals surface area contributed by atoms with E-state index >= 15 is 0 Å². The van der Waals surface area contributed by atoms with Crippen LogP contribution in [0.1, 0.15) is 0 Å². The van der Waals surface area contributed by atoms with E-state index in [1.54, 1.807) is 7.05 Å². The molecular formula is C15H19ClFN3O4S. The average Bonchev–Trinajstić information content (AvgIpc) is 2.73. The summed E-state index contributed by atoms with van der Waals surface area (Å²) in [6.07, 6.45) is 0. The van der Waals surface area contributed by atoms with E-state index in [-0.39, 0.29) is 30.5 Å². The molecule has 1 aliphatic rings. The summed E-state index contributed by atoms with van der Waals surface area (Å²) in [4.78, 5) is 25.3. The quantitative estimate of drug-likeness (QED) is 0.676. The summed E-state index contributed by atoms with van der Waals surface area (Å²) in [5, 5.41) is 4.51. The molecule has 10 heteroatoms. The Hall–Kier alpha value is -1.71. The molecule has 1 aromatic carbocycles. The van der Waals surface area contributed by atoms with Gasteiger partial charge in [-0.1, -0.05) is 0 Å². The van der Waals surface area contributed by atoms with Gasteiger partial charge >= 0.3 is 0 Å². The number of hydrogen-bond donors (Lipinski definition) is 2. The molecule has 1 aliphatic heterocycles. The van der Waals surface area contributed by atoms with Gasteiger partial charge in [-0.3, -0.25) is 14.5 Å². The van der Waals surface area contributed by atoms with E-state index in [9.17, 15) is 22.4 Å². The van der Waals surface area contributed by atoms with E-state index in [1.165, 1.54) is 29.2 Å². The highest BCUT2D eigenvalue weighted by atomic mass is 35.5. The second-order valence-electron chi connectivity index (χ2n) is 5.99. The molecule has 1 heterocycles. The number of likely N-dealkylation sites (N-methyl/N-ethyl adjacent to an activating group) is 1. The Kier molecular flexibility index (Phi) is 6.36. The Labute approximate surface area is 150 Å². The molecule has 0 bridgehead atoms. The first-order chi connectivity index (χ1) is 11.6. The highest BCUT2D eigenvalue weighted by Gasteiger charge is 2.37. The van der Waals surface area contributed by atoms with E-state index in [1.807, 2.05) is 0 Å².